The largest absolute Gasteiger partial charge is 0.383 e. The quantitative estimate of drug-likeness (QED) is 0.537. The van der Waals surface area contributed by atoms with Crippen molar-refractivity contribution >= 4 is 28.6 Å². The molecular weight excluding hydrogens is 336 g/mol. The fourth-order valence-electron chi connectivity index (χ4n) is 2.51. The number of nitrogens with zero attached hydrogens (tertiary/aromatic N) is 4. The topological polar surface area (TPSA) is 124 Å². The molecule has 3 N–H and O–H groups in total. The van der Waals surface area contributed by atoms with Gasteiger partial charge in [0.1, 0.15) is 23.0 Å². The Morgan fingerprint density at radius 3 is 2.76 bits per heavy atom. The molecule has 0 saturated heterocycles. The second-order valence-electron chi connectivity index (χ2n) is 5.30. The third kappa shape index (κ3) is 3.35. The van der Waals surface area contributed by atoms with Gasteiger partial charge in [0.2, 0.25) is 0 Å². The van der Waals surface area contributed by atoms with Crippen LogP contribution in [0, 0.1) is 22.7 Å². The van der Waals surface area contributed by atoms with Crippen molar-refractivity contribution in [2.75, 3.05) is 11.5 Å². The van der Waals surface area contributed by atoms with Gasteiger partial charge < -0.3 is 10.7 Å². The Hall–Kier alpha value is -3.23. The number of para-hydroxylation sites is 2. The van der Waals surface area contributed by atoms with Gasteiger partial charge >= 0.3 is 5.69 Å². The highest BCUT2D eigenvalue weighted by molar-refractivity contribution is 7.99. The summed E-state index contributed by atoms with van der Waals surface area (Å²) in [7, 11) is 0. The number of thioether (sulfide) groups is 1. The Morgan fingerprint density at radius 1 is 1.24 bits per heavy atom. The fourth-order valence-corrected chi connectivity index (χ4v) is 3.40. The maximum absolute atomic E-state index is 12.0. The number of benzene rings is 1. The number of imidazole rings is 1. The van der Waals surface area contributed by atoms with Crippen LogP contribution in [0.2, 0.25) is 0 Å². The van der Waals surface area contributed by atoms with Gasteiger partial charge in [-0.1, -0.05) is 12.1 Å². The van der Waals surface area contributed by atoms with Crippen LogP contribution < -0.4 is 11.4 Å². The lowest BCUT2D eigenvalue weighted by Gasteiger charge is -2.06. The number of aryl methyl sites for hydroxylation is 1. The standard InChI is InChI=1S/C17H14N6OS/c18-9-11-8-12(10-19)16(22-15(11)20)25-7-3-6-23-14-5-2-1-4-13(14)21-17(23)24/h1-2,4-5,8H,3,6-7H2,(H2,20,22)(H,21,24). The van der Waals surface area contributed by atoms with E-state index in [1.54, 1.807) is 4.57 Å². The number of nitriles is 2. The average molecular weight is 350 g/mol. The van der Waals surface area contributed by atoms with E-state index in [0.717, 1.165) is 17.5 Å². The zero-order valence-corrected chi connectivity index (χ0v) is 14.0. The number of rotatable bonds is 5. The van der Waals surface area contributed by atoms with Gasteiger partial charge in [-0.25, -0.2) is 9.78 Å². The van der Waals surface area contributed by atoms with E-state index in [4.69, 9.17) is 11.0 Å². The molecule has 0 radical (unpaired) electrons. The maximum Gasteiger partial charge on any atom is 0.326 e. The first kappa shape index (κ1) is 16.6. The first-order valence-electron chi connectivity index (χ1n) is 7.55. The van der Waals surface area contributed by atoms with Gasteiger partial charge in [0.05, 0.1) is 22.2 Å². The third-order valence-corrected chi connectivity index (χ3v) is 4.78. The number of hydrogen-bond donors (Lipinski definition) is 2. The van der Waals surface area contributed by atoms with Crippen molar-refractivity contribution in [1.29, 1.82) is 10.5 Å². The normalized spacial score (nSPS) is 10.5. The molecule has 0 fully saturated rings. The van der Waals surface area contributed by atoms with Gasteiger partial charge in [-0.15, -0.1) is 11.8 Å². The lowest BCUT2D eigenvalue weighted by molar-refractivity contribution is 0.679. The summed E-state index contributed by atoms with van der Waals surface area (Å²) in [5.74, 6) is 0.788. The smallest absolute Gasteiger partial charge is 0.326 e. The number of anilines is 1. The van der Waals surface area contributed by atoms with E-state index in [1.807, 2.05) is 36.4 Å². The molecule has 0 amide bonds. The first-order chi connectivity index (χ1) is 12.1. The van der Waals surface area contributed by atoms with Crippen LogP contribution in [0.25, 0.3) is 11.0 Å². The Balaban J connectivity index is 1.69. The summed E-state index contributed by atoms with van der Waals surface area (Å²) in [4.78, 5) is 19.0. The average Bonchev–Trinajstić information content (AvgIpc) is 2.94. The van der Waals surface area contributed by atoms with Crippen LogP contribution in [0.4, 0.5) is 5.82 Å². The molecule has 0 unspecified atom stereocenters. The lowest BCUT2D eigenvalue weighted by atomic mass is 10.2. The van der Waals surface area contributed by atoms with Gasteiger partial charge in [0, 0.05) is 12.3 Å². The van der Waals surface area contributed by atoms with Crippen molar-refractivity contribution in [1.82, 2.24) is 14.5 Å². The van der Waals surface area contributed by atoms with Crippen LogP contribution >= 0.6 is 11.8 Å². The van der Waals surface area contributed by atoms with E-state index in [0.29, 0.717) is 22.9 Å². The number of nitrogens with two attached hydrogens (primary N) is 1. The fraction of sp³-hybridized carbons (Fsp3) is 0.176. The highest BCUT2D eigenvalue weighted by Crippen LogP contribution is 2.24. The molecular formula is C17H14N6OS. The number of aromatic amines is 1. The Kier molecular flexibility index (Phi) is 4.73. The minimum Gasteiger partial charge on any atom is -0.383 e. The number of fused-ring (bicyclic) bond motifs is 1. The maximum atomic E-state index is 12.0. The predicted octanol–water partition coefficient (Wildman–Crippen LogP) is 2.23. The van der Waals surface area contributed by atoms with Crippen molar-refractivity contribution in [2.45, 2.75) is 18.0 Å². The molecule has 0 spiro atoms. The van der Waals surface area contributed by atoms with Crippen LogP contribution in [0.5, 0.6) is 0 Å². The molecule has 0 atom stereocenters. The highest BCUT2D eigenvalue weighted by Gasteiger charge is 2.11. The number of H-pyrrole nitrogens is 1. The van der Waals surface area contributed by atoms with Crippen molar-refractivity contribution in [3.63, 3.8) is 0 Å². The Bertz CT molecular complexity index is 1070. The number of nitrogens with one attached hydrogen (secondary N) is 1. The number of nitrogen functional groups attached to an aromatic ring is 1. The monoisotopic (exact) mass is 350 g/mol. The summed E-state index contributed by atoms with van der Waals surface area (Å²) >= 11 is 1.39. The van der Waals surface area contributed by atoms with Gasteiger partial charge in [0.15, 0.2) is 0 Å². The molecule has 124 valence electrons. The van der Waals surface area contributed by atoms with Crippen LogP contribution in [0.15, 0.2) is 40.2 Å². The van der Waals surface area contributed by atoms with Gasteiger partial charge in [-0.05, 0) is 24.6 Å². The molecule has 0 aliphatic rings. The van der Waals surface area contributed by atoms with E-state index in [1.165, 1.54) is 17.8 Å². The van der Waals surface area contributed by atoms with Crippen molar-refractivity contribution in [3.05, 3.63) is 51.9 Å². The minimum atomic E-state index is -0.135. The summed E-state index contributed by atoms with van der Waals surface area (Å²) in [5, 5.41) is 18.6. The van der Waals surface area contributed by atoms with Crippen molar-refractivity contribution in [2.24, 2.45) is 0 Å². The lowest BCUT2D eigenvalue weighted by Crippen LogP contribution is -2.17. The second kappa shape index (κ2) is 7.12. The summed E-state index contributed by atoms with van der Waals surface area (Å²) < 4.78 is 1.70. The summed E-state index contributed by atoms with van der Waals surface area (Å²) in [5.41, 5.74) is 7.80. The van der Waals surface area contributed by atoms with Gasteiger partial charge in [-0.2, -0.15) is 10.5 Å². The number of aromatic nitrogens is 3. The molecule has 1 aromatic carbocycles. The zero-order chi connectivity index (χ0) is 17.8. The zero-order valence-electron chi connectivity index (χ0n) is 13.2. The molecule has 25 heavy (non-hydrogen) atoms. The SMILES string of the molecule is N#Cc1cc(C#N)c(SCCCn2c(=O)[nH]c3ccccc32)nc1N. The summed E-state index contributed by atoms with van der Waals surface area (Å²) in [6, 6.07) is 12.9. The van der Waals surface area contributed by atoms with Gasteiger partial charge in [-0.3, -0.25) is 4.57 Å². The minimum absolute atomic E-state index is 0.122. The number of hydrogen-bond acceptors (Lipinski definition) is 6. The van der Waals surface area contributed by atoms with Crippen molar-refractivity contribution in [3.8, 4) is 12.1 Å². The molecule has 3 rings (SSSR count). The molecule has 2 aromatic heterocycles. The van der Waals surface area contributed by atoms with Gasteiger partial charge in [0.25, 0.3) is 0 Å². The first-order valence-corrected chi connectivity index (χ1v) is 8.53. The molecule has 0 aliphatic carbocycles. The van der Waals surface area contributed by atoms with E-state index >= 15 is 0 Å². The molecule has 2 heterocycles. The van der Waals surface area contributed by atoms with E-state index in [2.05, 4.69) is 9.97 Å². The van der Waals surface area contributed by atoms with E-state index in [-0.39, 0.29) is 17.1 Å². The van der Waals surface area contributed by atoms with E-state index in [9.17, 15) is 10.1 Å². The molecule has 8 heteroatoms. The summed E-state index contributed by atoms with van der Waals surface area (Å²) in [6.45, 7) is 0.559. The second-order valence-corrected chi connectivity index (χ2v) is 6.38. The summed E-state index contributed by atoms with van der Waals surface area (Å²) in [6.07, 6.45) is 0.721. The third-order valence-electron chi connectivity index (χ3n) is 3.70. The van der Waals surface area contributed by atoms with Crippen LogP contribution in [0.3, 0.4) is 0 Å². The van der Waals surface area contributed by atoms with Crippen LogP contribution in [-0.2, 0) is 6.54 Å². The molecule has 7 nitrogen and oxygen atoms in total. The highest BCUT2D eigenvalue weighted by atomic mass is 32.2. The molecule has 0 aliphatic heterocycles. The van der Waals surface area contributed by atoms with Crippen LogP contribution in [0.1, 0.15) is 17.5 Å². The predicted molar refractivity (Wildman–Crippen MR) is 96.0 cm³/mol. The molecule has 0 saturated carbocycles. The Labute approximate surface area is 147 Å². The number of pyridine rings is 1. The molecule has 3 aromatic rings. The van der Waals surface area contributed by atoms with Crippen molar-refractivity contribution < 1.29 is 0 Å². The molecule has 0 bridgehead atoms. The van der Waals surface area contributed by atoms with Crippen LogP contribution in [-0.4, -0.2) is 20.3 Å². The van der Waals surface area contributed by atoms with E-state index < -0.39 is 0 Å². The Morgan fingerprint density at radius 2 is 2.00 bits per heavy atom.